The third-order valence-corrected chi connectivity index (χ3v) is 4.14. The first kappa shape index (κ1) is 14.8. The predicted octanol–water partition coefficient (Wildman–Crippen LogP) is 2.13. The van der Waals surface area contributed by atoms with E-state index in [1.165, 1.54) is 4.68 Å². The summed E-state index contributed by atoms with van der Waals surface area (Å²) in [4.78, 5) is 24.9. The van der Waals surface area contributed by atoms with Crippen LogP contribution in [0.3, 0.4) is 0 Å². The molecule has 0 spiro atoms. The first-order chi connectivity index (χ1) is 10.5. The molecule has 0 saturated carbocycles. The Balaban J connectivity index is 2.31. The molecule has 0 aliphatic rings. The number of nitrogens with one attached hydrogen (secondary N) is 1. The van der Waals surface area contributed by atoms with E-state index in [4.69, 9.17) is 0 Å². The maximum atomic E-state index is 12.6. The molecule has 7 heteroatoms. The van der Waals surface area contributed by atoms with Crippen LogP contribution in [0.2, 0.25) is 0 Å². The highest BCUT2D eigenvalue weighted by Crippen LogP contribution is 2.21. The van der Waals surface area contributed by atoms with E-state index in [0.29, 0.717) is 28.2 Å². The van der Waals surface area contributed by atoms with Crippen LogP contribution in [0, 0.1) is 5.92 Å². The fraction of sp³-hybridized carbons (Fsp3) is 0.267. The maximum absolute atomic E-state index is 12.6. The highest BCUT2D eigenvalue weighted by molar-refractivity contribution is 9.10. The average molecular weight is 363 g/mol. The molecular weight excluding hydrogens is 348 g/mol. The summed E-state index contributed by atoms with van der Waals surface area (Å²) in [5.41, 5.74) is 0.772. The van der Waals surface area contributed by atoms with Gasteiger partial charge in [0.2, 0.25) is 0 Å². The monoisotopic (exact) mass is 362 g/mol. The Kier molecular flexibility index (Phi) is 3.74. The Hall–Kier alpha value is -2.15. The number of benzene rings is 1. The highest BCUT2D eigenvalue weighted by Gasteiger charge is 2.18. The van der Waals surface area contributed by atoms with E-state index >= 15 is 0 Å². The summed E-state index contributed by atoms with van der Waals surface area (Å²) >= 11 is 3.39. The summed E-state index contributed by atoms with van der Waals surface area (Å²) in [5, 5.41) is 6.92. The Morgan fingerprint density at radius 3 is 2.55 bits per heavy atom. The Morgan fingerprint density at radius 2 is 1.91 bits per heavy atom. The number of nitrogens with zero attached hydrogens (tertiary/aromatic N) is 3. The number of halogens is 1. The van der Waals surface area contributed by atoms with E-state index in [9.17, 15) is 9.59 Å². The summed E-state index contributed by atoms with van der Waals surface area (Å²) in [6.07, 6.45) is 0.687. The zero-order valence-electron chi connectivity index (χ0n) is 12.2. The van der Waals surface area contributed by atoms with Crippen LogP contribution in [-0.2, 0) is 6.42 Å². The molecule has 0 aliphatic heterocycles. The van der Waals surface area contributed by atoms with Crippen molar-refractivity contribution in [1.82, 2.24) is 19.4 Å². The number of hydrogen-bond acceptors (Lipinski definition) is 3. The van der Waals surface area contributed by atoms with Crippen molar-refractivity contribution in [3.63, 3.8) is 0 Å². The third-order valence-electron chi connectivity index (χ3n) is 3.31. The van der Waals surface area contributed by atoms with Crippen LogP contribution in [0.4, 0.5) is 0 Å². The zero-order valence-corrected chi connectivity index (χ0v) is 13.8. The van der Waals surface area contributed by atoms with Crippen molar-refractivity contribution in [2.75, 3.05) is 0 Å². The van der Waals surface area contributed by atoms with Crippen LogP contribution in [-0.4, -0.2) is 19.4 Å². The van der Waals surface area contributed by atoms with Crippen molar-refractivity contribution in [1.29, 1.82) is 0 Å². The van der Waals surface area contributed by atoms with Crippen molar-refractivity contribution in [2.45, 2.75) is 20.3 Å². The molecule has 0 amide bonds. The van der Waals surface area contributed by atoms with Crippen LogP contribution < -0.4 is 11.2 Å². The molecule has 1 N–H and O–H groups in total. The van der Waals surface area contributed by atoms with E-state index in [-0.39, 0.29) is 11.1 Å². The minimum Gasteiger partial charge on any atom is -0.266 e. The molecule has 114 valence electrons. The molecule has 3 aromatic rings. The van der Waals surface area contributed by atoms with Crippen molar-refractivity contribution in [3.8, 4) is 5.69 Å². The topological polar surface area (TPSA) is 72.2 Å². The van der Waals surface area contributed by atoms with E-state index in [0.717, 1.165) is 4.52 Å². The van der Waals surface area contributed by atoms with Gasteiger partial charge < -0.3 is 0 Å². The number of hydrogen-bond donors (Lipinski definition) is 1. The summed E-state index contributed by atoms with van der Waals surface area (Å²) in [7, 11) is 0. The lowest BCUT2D eigenvalue weighted by molar-refractivity contribution is 0.621. The van der Waals surface area contributed by atoms with Gasteiger partial charge in [0.15, 0.2) is 5.52 Å². The molecule has 0 bridgehead atoms. The maximum Gasteiger partial charge on any atom is 0.368 e. The lowest BCUT2D eigenvalue weighted by Crippen LogP contribution is -2.34. The highest BCUT2D eigenvalue weighted by atomic mass is 79.9. The molecule has 1 aromatic carbocycles. The van der Waals surface area contributed by atoms with E-state index in [1.54, 1.807) is 24.3 Å². The Bertz CT molecular complexity index is 938. The lowest BCUT2D eigenvalue weighted by atomic mass is 10.1. The smallest absolute Gasteiger partial charge is 0.266 e. The largest absolute Gasteiger partial charge is 0.368 e. The van der Waals surface area contributed by atoms with Gasteiger partial charge in [-0.25, -0.2) is 9.48 Å². The minimum atomic E-state index is -0.406. The molecule has 22 heavy (non-hydrogen) atoms. The van der Waals surface area contributed by atoms with Crippen LogP contribution in [0.5, 0.6) is 0 Å². The summed E-state index contributed by atoms with van der Waals surface area (Å²) in [5.74, 6) is 0.372. The zero-order chi connectivity index (χ0) is 15.9. The molecule has 0 saturated heterocycles. The molecule has 0 radical (unpaired) electrons. The predicted molar refractivity (Wildman–Crippen MR) is 87.7 cm³/mol. The number of para-hydroxylation sites is 1. The van der Waals surface area contributed by atoms with Gasteiger partial charge in [0.05, 0.1) is 15.9 Å². The third kappa shape index (κ3) is 2.41. The molecule has 2 heterocycles. The second kappa shape index (κ2) is 5.57. The first-order valence-corrected chi connectivity index (χ1v) is 7.76. The van der Waals surface area contributed by atoms with Crippen molar-refractivity contribution in [3.05, 3.63) is 61.3 Å². The van der Waals surface area contributed by atoms with Gasteiger partial charge in [-0.2, -0.15) is 9.61 Å². The van der Waals surface area contributed by atoms with Gasteiger partial charge in [0.25, 0.3) is 5.56 Å². The average Bonchev–Trinajstić information content (AvgIpc) is 2.81. The molecule has 0 unspecified atom stereocenters. The SMILES string of the molecule is CC(C)Cc1nn2c(=O)n(-c3ccccc3)[nH]c(=O)c2c1Br. The lowest BCUT2D eigenvalue weighted by Gasteiger charge is -2.04. The molecule has 3 rings (SSSR count). The second-order valence-electron chi connectivity index (χ2n) is 5.51. The molecular formula is C15H15BrN4O2. The van der Waals surface area contributed by atoms with E-state index < -0.39 is 5.69 Å². The van der Waals surface area contributed by atoms with Gasteiger partial charge in [-0.1, -0.05) is 32.0 Å². The molecule has 2 aromatic heterocycles. The number of aromatic amines is 1. The Labute approximate surface area is 134 Å². The van der Waals surface area contributed by atoms with Crippen LogP contribution in [0.15, 0.2) is 44.4 Å². The van der Waals surface area contributed by atoms with Gasteiger partial charge in [-0.3, -0.25) is 9.89 Å². The fourth-order valence-electron chi connectivity index (χ4n) is 2.34. The number of H-pyrrole nitrogens is 1. The van der Waals surface area contributed by atoms with Crippen molar-refractivity contribution in [2.24, 2.45) is 5.92 Å². The fourth-order valence-corrected chi connectivity index (χ4v) is 2.93. The summed E-state index contributed by atoms with van der Waals surface area (Å²) in [6.45, 7) is 4.12. The van der Waals surface area contributed by atoms with Gasteiger partial charge in [-0.15, -0.1) is 0 Å². The standard InChI is InChI=1S/C15H15BrN4O2/c1-9(2)8-11-12(16)13-14(21)18-19(15(22)20(13)17-11)10-6-4-3-5-7-10/h3-7,9H,8H2,1-2H3,(H,18,21). The van der Waals surface area contributed by atoms with Gasteiger partial charge in [-0.05, 0) is 40.4 Å². The normalized spacial score (nSPS) is 11.5. The number of aromatic nitrogens is 4. The molecule has 6 nitrogen and oxygen atoms in total. The van der Waals surface area contributed by atoms with E-state index in [1.807, 2.05) is 6.07 Å². The van der Waals surface area contributed by atoms with Crippen molar-refractivity contribution >= 4 is 21.4 Å². The second-order valence-corrected chi connectivity index (χ2v) is 6.31. The van der Waals surface area contributed by atoms with Crippen molar-refractivity contribution < 1.29 is 0 Å². The summed E-state index contributed by atoms with van der Waals surface area (Å²) in [6, 6.07) is 8.94. The molecule has 0 aliphatic carbocycles. The van der Waals surface area contributed by atoms with Crippen LogP contribution in [0.1, 0.15) is 19.5 Å². The summed E-state index contributed by atoms with van der Waals surface area (Å²) < 4.78 is 2.95. The van der Waals surface area contributed by atoms with Crippen LogP contribution >= 0.6 is 15.9 Å². The van der Waals surface area contributed by atoms with Gasteiger partial charge >= 0.3 is 5.69 Å². The van der Waals surface area contributed by atoms with E-state index in [2.05, 4.69) is 40.0 Å². The Morgan fingerprint density at radius 1 is 1.23 bits per heavy atom. The minimum absolute atomic E-state index is 0.243. The van der Waals surface area contributed by atoms with Gasteiger partial charge in [0, 0.05) is 0 Å². The molecule has 0 fully saturated rings. The van der Waals surface area contributed by atoms with Gasteiger partial charge in [0.1, 0.15) is 0 Å². The van der Waals surface area contributed by atoms with Crippen LogP contribution in [0.25, 0.3) is 11.2 Å². The number of fused-ring (bicyclic) bond motifs is 1. The first-order valence-electron chi connectivity index (χ1n) is 6.97. The quantitative estimate of drug-likeness (QED) is 0.775. The number of rotatable bonds is 3. The molecule has 0 atom stereocenters.